The fourth-order valence-electron chi connectivity index (χ4n) is 2.44. The molecule has 0 N–H and O–H groups in total. The van der Waals surface area contributed by atoms with E-state index in [1.165, 1.54) is 12.8 Å². The van der Waals surface area contributed by atoms with Crippen molar-refractivity contribution in [3.05, 3.63) is 24.3 Å². The quantitative estimate of drug-likeness (QED) is 0.721. The number of carbonyl (C=O) groups excluding carboxylic acids is 1. The number of ether oxygens (including phenoxy) is 3. The number of benzene rings is 1. The zero-order chi connectivity index (χ0) is 15.1. The first-order valence-electron chi connectivity index (χ1n) is 7.36. The van der Waals surface area contributed by atoms with Crippen LogP contribution in [0.3, 0.4) is 0 Å². The molecule has 1 aromatic rings. The first-order valence-corrected chi connectivity index (χ1v) is 7.36. The van der Waals surface area contributed by atoms with E-state index in [0.717, 1.165) is 25.4 Å². The van der Waals surface area contributed by atoms with Crippen LogP contribution in [0.25, 0.3) is 0 Å². The number of hydrogen-bond acceptors (Lipinski definition) is 5. The van der Waals surface area contributed by atoms with E-state index in [1.807, 2.05) is 6.92 Å². The molecule has 116 valence electrons. The van der Waals surface area contributed by atoms with Gasteiger partial charge in [-0.1, -0.05) is 0 Å². The van der Waals surface area contributed by atoms with Crippen LogP contribution in [0.5, 0.6) is 11.5 Å². The van der Waals surface area contributed by atoms with Crippen molar-refractivity contribution in [1.29, 1.82) is 0 Å². The van der Waals surface area contributed by atoms with E-state index < -0.39 is 0 Å². The molecule has 0 amide bonds. The van der Waals surface area contributed by atoms with Gasteiger partial charge in [-0.15, -0.1) is 0 Å². The van der Waals surface area contributed by atoms with E-state index in [1.54, 1.807) is 31.4 Å². The zero-order valence-corrected chi connectivity index (χ0v) is 12.7. The molecular weight excluding hydrogens is 270 g/mol. The number of methoxy groups -OCH3 is 1. The minimum atomic E-state index is -0.336. The average molecular weight is 293 g/mol. The van der Waals surface area contributed by atoms with Crippen LogP contribution in [0.1, 0.15) is 19.8 Å². The van der Waals surface area contributed by atoms with Gasteiger partial charge in [0.25, 0.3) is 0 Å². The smallest absolute Gasteiger partial charge is 0.344 e. The molecule has 0 radical (unpaired) electrons. The van der Waals surface area contributed by atoms with Crippen molar-refractivity contribution in [2.24, 2.45) is 0 Å². The predicted octanol–water partition coefficient (Wildman–Crippen LogP) is 2.10. The van der Waals surface area contributed by atoms with Gasteiger partial charge in [-0.3, -0.25) is 4.90 Å². The highest BCUT2D eigenvalue weighted by Gasteiger charge is 2.17. The van der Waals surface area contributed by atoms with Gasteiger partial charge in [-0.25, -0.2) is 4.79 Å². The molecule has 0 bridgehead atoms. The van der Waals surface area contributed by atoms with E-state index in [2.05, 4.69) is 4.90 Å². The summed E-state index contributed by atoms with van der Waals surface area (Å²) in [6, 6.07) is 7.10. The Kier molecular flexibility index (Phi) is 5.87. The van der Waals surface area contributed by atoms with Gasteiger partial charge in [-0.2, -0.15) is 0 Å². The summed E-state index contributed by atoms with van der Waals surface area (Å²) in [5.74, 6) is 1.04. The molecule has 2 rings (SSSR count). The molecule has 1 atom stereocenters. The lowest BCUT2D eigenvalue weighted by atomic mass is 10.3. The molecule has 0 aliphatic carbocycles. The lowest BCUT2D eigenvalue weighted by Gasteiger charge is -2.20. The summed E-state index contributed by atoms with van der Waals surface area (Å²) >= 11 is 0. The largest absolute Gasteiger partial charge is 0.497 e. The van der Waals surface area contributed by atoms with Crippen molar-refractivity contribution in [2.45, 2.75) is 25.9 Å². The molecule has 0 aromatic heterocycles. The zero-order valence-electron chi connectivity index (χ0n) is 12.7. The van der Waals surface area contributed by atoms with Crippen molar-refractivity contribution >= 4 is 5.97 Å². The fraction of sp³-hybridized carbons (Fsp3) is 0.562. The maximum atomic E-state index is 11.7. The molecule has 1 aromatic carbocycles. The van der Waals surface area contributed by atoms with Crippen molar-refractivity contribution in [2.75, 3.05) is 33.4 Å². The van der Waals surface area contributed by atoms with Gasteiger partial charge in [0.05, 0.1) is 7.11 Å². The Bertz CT molecular complexity index is 440. The minimum absolute atomic E-state index is 0.0727. The first-order chi connectivity index (χ1) is 10.2. The lowest BCUT2D eigenvalue weighted by Crippen LogP contribution is -2.32. The van der Waals surface area contributed by atoms with Gasteiger partial charge in [0.2, 0.25) is 0 Å². The molecule has 21 heavy (non-hydrogen) atoms. The standard InChI is InChI=1S/C16H23NO4/c1-13(11-17-9-3-4-10-17)21-16(18)12-20-15-7-5-14(19-2)6-8-15/h5-8,13H,3-4,9-12H2,1-2H3/t13-/m0/s1. The second-order valence-corrected chi connectivity index (χ2v) is 5.27. The normalized spacial score (nSPS) is 16.5. The second-order valence-electron chi connectivity index (χ2n) is 5.27. The van der Waals surface area contributed by atoms with Gasteiger partial charge < -0.3 is 14.2 Å². The SMILES string of the molecule is COc1ccc(OCC(=O)O[C@@H](C)CN2CCCC2)cc1. The number of carbonyl (C=O) groups is 1. The number of esters is 1. The summed E-state index contributed by atoms with van der Waals surface area (Å²) in [6.45, 7) is 4.85. The number of likely N-dealkylation sites (tertiary alicyclic amines) is 1. The van der Waals surface area contributed by atoms with Gasteiger partial charge in [-0.05, 0) is 57.1 Å². The highest BCUT2D eigenvalue weighted by Crippen LogP contribution is 2.17. The predicted molar refractivity (Wildman–Crippen MR) is 79.7 cm³/mol. The third-order valence-electron chi connectivity index (χ3n) is 3.46. The van der Waals surface area contributed by atoms with Crippen molar-refractivity contribution < 1.29 is 19.0 Å². The van der Waals surface area contributed by atoms with Gasteiger partial charge in [0.1, 0.15) is 17.6 Å². The third-order valence-corrected chi connectivity index (χ3v) is 3.46. The number of hydrogen-bond donors (Lipinski definition) is 0. The number of rotatable bonds is 7. The van der Waals surface area contributed by atoms with E-state index in [-0.39, 0.29) is 18.7 Å². The summed E-state index contributed by atoms with van der Waals surface area (Å²) in [7, 11) is 1.61. The number of nitrogens with zero attached hydrogens (tertiary/aromatic N) is 1. The molecule has 5 heteroatoms. The summed E-state index contributed by atoms with van der Waals surface area (Å²) in [5, 5.41) is 0. The monoisotopic (exact) mass is 293 g/mol. The maximum Gasteiger partial charge on any atom is 0.344 e. The molecule has 1 heterocycles. The molecule has 1 aliphatic rings. The van der Waals surface area contributed by atoms with E-state index in [0.29, 0.717) is 5.75 Å². The van der Waals surface area contributed by atoms with Crippen LogP contribution in [-0.2, 0) is 9.53 Å². The fourth-order valence-corrected chi connectivity index (χ4v) is 2.44. The molecule has 0 unspecified atom stereocenters. The summed E-state index contributed by atoms with van der Waals surface area (Å²) in [5.41, 5.74) is 0. The second kappa shape index (κ2) is 7.88. The van der Waals surface area contributed by atoms with E-state index >= 15 is 0 Å². The topological polar surface area (TPSA) is 48.0 Å². The van der Waals surface area contributed by atoms with Crippen molar-refractivity contribution in [1.82, 2.24) is 4.90 Å². The van der Waals surface area contributed by atoms with Crippen LogP contribution in [0.15, 0.2) is 24.3 Å². The van der Waals surface area contributed by atoms with Gasteiger partial charge >= 0.3 is 5.97 Å². The molecule has 0 saturated carbocycles. The Hall–Kier alpha value is -1.75. The maximum absolute atomic E-state index is 11.7. The van der Waals surface area contributed by atoms with Crippen LogP contribution in [0.2, 0.25) is 0 Å². The Morgan fingerprint density at radius 2 is 1.81 bits per heavy atom. The Morgan fingerprint density at radius 1 is 1.19 bits per heavy atom. The first kappa shape index (κ1) is 15.6. The summed E-state index contributed by atoms with van der Waals surface area (Å²) < 4.78 is 15.8. The molecule has 1 fully saturated rings. The Labute approximate surface area is 125 Å². The summed E-state index contributed by atoms with van der Waals surface area (Å²) in [6.07, 6.45) is 2.37. The molecular formula is C16H23NO4. The van der Waals surface area contributed by atoms with Crippen LogP contribution >= 0.6 is 0 Å². The van der Waals surface area contributed by atoms with E-state index in [4.69, 9.17) is 14.2 Å². The molecule has 1 saturated heterocycles. The molecule has 5 nitrogen and oxygen atoms in total. The Morgan fingerprint density at radius 3 is 2.43 bits per heavy atom. The molecule has 0 spiro atoms. The van der Waals surface area contributed by atoms with E-state index in [9.17, 15) is 4.79 Å². The summed E-state index contributed by atoms with van der Waals surface area (Å²) in [4.78, 5) is 14.1. The van der Waals surface area contributed by atoms with Crippen LogP contribution in [0.4, 0.5) is 0 Å². The van der Waals surface area contributed by atoms with Gasteiger partial charge in [0.15, 0.2) is 6.61 Å². The minimum Gasteiger partial charge on any atom is -0.497 e. The van der Waals surface area contributed by atoms with Crippen LogP contribution in [-0.4, -0.2) is 50.3 Å². The Balaban J connectivity index is 1.68. The van der Waals surface area contributed by atoms with Crippen molar-refractivity contribution in [3.63, 3.8) is 0 Å². The third kappa shape index (κ3) is 5.27. The molecule has 1 aliphatic heterocycles. The average Bonchev–Trinajstić information content (AvgIpc) is 2.98. The highest BCUT2D eigenvalue weighted by atomic mass is 16.6. The van der Waals surface area contributed by atoms with Crippen LogP contribution < -0.4 is 9.47 Å². The lowest BCUT2D eigenvalue weighted by molar-refractivity contribution is -0.151. The van der Waals surface area contributed by atoms with Gasteiger partial charge in [0, 0.05) is 6.54 Å². The highest BCUT2D eigenvalue weighted by molar-refractivity contribution is 5.71. The van der Waals surface area contributed by atoms with Crippen LogP contribution in [0, 0.1) is 0 Å². The van der Waals surface area contributed by atoms with Crippen molar-refractivity contribution in [3.8, 4) is 11.5 Å².